The van der Waals surface area contributed by atoms with Crippen LogP contribution in [0.15, 0.2) is 64.8 Å². The van der Waals surface area contributed by atoms with Gasteiger partial charge in [-0.15, -0.1) is 0 Å². The van der Waals surface area contributed by atoms with Crippen molar-refractivity contribution in [3.8, 4) is 11.3 Å². The summed E-state index contributed by atoms with van der Waals surface area (Å²) in [6.07, 6.45) is 1.79. The van der Waals surface area contributed by atoms with Crippen LogP contribution in [-0.4, -0.2) is 47.0 Å². The van der Waals surface area contributed by atoms with E-state index in [4.69, 9.17) is 0 Å². The molecule has 1 heterocycles. The number of aromatic nitrogens is 2. The summed E-state index contributed by atoms with van der Waals surface area (Å²) in [6, 6.07) is 14.7. The van der Waals surface area contributed by atoms with Gasteiger partial charge in [0.05, 0.1) is 22.5 Å². The zero-order valence-corrected chi connectivity index (χ0v) is 20.3. The predicted octanol–water partition coefficient (Wildman–Crippen LogP) is 4.16. The number of carbonyl (C=O) groups is 1. The highest BCUT2D eigenvalue weighted by molar-refractivity contribution is 7.99. The van der Waals surface area contributed by atoms with Crippen LogP contribution < -0.4 is 5.32 Å². The van der Waals surface area contributed by atoms with Crippen LogP contribution in [0.1, 0.15) is 19.4 Å². The number of nitrogens with zero attached hydrogens (tertiary/aromatic N) is 3. The van der Waals surface area contributed by atoms with Crippen molar-refractivity contribution in [2.45, 2.75) is 30.8 Å². The first-order valence-corrected chi connectivity index (χ1v) is 12.8. The number of hydrogen-bond donors (Lipinski definition) is 1. The van der Waals surface area contributed by atoms with Gasteiger partial charge in [-0.1, -0.05) is 62.0 Å². The molecule has 7 nitrogen and oxygen atoms in total. The summed E-state index contributed by atoms with van der Waals surface area (Å²) in [5, 5.41) is 3.58. The minimum Gasteiger partial charge on any atom is -0.325 e. The molecule has 0 aliphatic heterocycles. The van der Waals surface area contributed by atoms with Crippen LogP contribution in [0.4, 0.5) is 5.69 Å². The maximum absolute atomic E-state index is 12.8. The topological polar surface area (TPSA) is 84.3 Å². The maximum Gasteiger partial charge on any atom is 0.243 e. The first kappa shape index (κ1) is 24.0. The second-order valence-corrected chi connectivity index (χ2v) is 10.1. The Bertz CT molecular complexity index is 1190. The van der Waals surface area contributed by atoms with Crippen molar-refractivity contribution in [1.82, 2.24) is 13.9 Å². The standard InChI is InChI=1S/C23H28N4O3S2/c1-5-27(6-2)32(29,30)19-13-12-17(3)20(14-19)25-22(28)16-31-23-24-15-21(26(23)4)18-10-8-7-9-11-18/h7-15H,5-6,16H2,1-4H3,(H,25,28). The number of imidazole rings is 1. The third-order valence-electron chi connectivity index (χ3n) is 5.17. The van der Waals surface area contributed by atoms with Gasteiger partial charge in [0.2, 0.25) is 15.9 Å². The van der Waals surface area contributed by atoms with Gasteiger partial charge in [-0.3, -0.25) is 4.79 Å². The number of nitrogens with one attached hydrogen (secondary N) is 1. The predicted molar refractivity (Wildman–Crippen MR) is 129 cm³/mol. The molecule has 0 fully saturated rings. The van der Waals surface area contributed by atoms with E-state index in [1.807, 2.05) is 48.9 Å². The number of anilines is 1. The Balaban J connectivity index is 1.70. The van der Waals surface area contributed by atoms with E-state index < -0.39 is 10.0 Å². The second-order valence-electron chi connectivity index (χ2n) is 7.25. The average molecular weight is 473 g/mol. The molecule has 0 atom stereocenters. The monoisotopic (exact) mass is 472 g/mol. The molecule has 1 amide bonds. The molecule has 0 saturated heterocycles. The summed E-state index contributed by atoms with van der Waals surface area (Å²) < 4.78 is 29.0. The largest absolute Gasteiger partial charge is 0.325 e. The van der Waals surface area contributed by atoms with Crippen LogP contribution in [0, 0.1) is 6.92 Å². The molecule has 0 radical (unpaired) electrons. The quantitative estimate of drug-likeness (QED) is 0.473. The Hall–Kier alpha value is -2.62. The first-order chi connectivity index (χ1) is 15.3. The van der Waals surface area contributed by atoms with Crippen molar-refractivity contribution < 1.29 is 13.2 Å². The molecular weight excluding hydrogens is 444 g/mol. The lowest BCUT2D eigenvalue weighted by Crippen LogP contribution is -2.30. The number of sulfonamides is 1. The van der Waals surface area contributed by atoms with Crippen molar-refractivity contribution >= 4 is 33.4 Å². The van der Waals surface area contributed by atoms with E-state index in [0.29, 0.717) is 18.8 Å². The van der Waals surface area contributed by atoms with Crippen LogP contribution >= 0.6 is 11.8 Å². The molecular formula is C23H28N4O3S2. The van der Waals surface area contributed by atoms with Crippen molar-refractivity contribution in [2.24, 2.45) is 7.05 Å². The number of amides is 1. The molecule has 32 heavy (non-hydrogen) atoms. The Morgan fingerprint density at radius 2 is 1.81 bits per heavy atom. The molecule has 1 aromatic heterocycles. The average Bonchev–Trinajstić information content (AvgIpc) is 3.15. The molecule has 1 N–H and O–H groups in total. The third-order valence-corrected chi connectivity index (χ3v) is 8.26. The fraction of sp³-hybridized carbons (Fsp3) is 0.304. The van der Waals surface area contributed by atoms with Crippen molar-refractivity contribution in [2.75, 3.05) is 24.2 Å². The van der Waals surface area contributed by atoms with Crippen molar-refractivity contribution in [1.29, 1.82) is 0 Å². The fourth-order valence-electron chi connectivity index (χ4n) is 3.33. The lowest BCUT2D eigenvalue weighted by Gasteiger charge is -2.19. The highest BCUT2D eigenvalue weighted by Gasteiger charge is 2.22. The van der Waals surface area contributed by atoms with Gasteiger partial charge < -0.3 is 9.88 Å². The summed E-state index contributed by atoms with van der Waals surface area (Å²) in [5.41, 5.74) is 3.32. The Morgan fingerprint density at radius 1 is 1.12 bits per heavy atom. The van der Waals surface area contributed by atoms with Gasteiger partial charge in [0.15, 0.2) is 5.16 Å². The van der Waals surface area contributed by atoms with E-state index >= 15 is 0 Å². The molecule has 9 heteroatoms. The van der Waals surface area contributed by atoms with E-state index in [1.54, 1.807) is 32.2 Å². The van der Waals surface area contributed by atoms with E-state index in [9.17, 15) is 13.2 Å². The molecule has 0 aliphatic carbocycles. The molecule has 170 valence electrons. The molecule has 0 bridgehead atoms. The number of aryl methyl sites for hydroxylation is 1. The summed E-state index contributed by atoms with van der Waals surface area (Å²) in [7, 11) is -1.68. The highest BCUT2D eigenvalue weighted by atomic mass is 32.2. The third kappa shape index (κ3) is 5.23. The van der Waals surface area contributed by atoms with Gasteiger partial charge in [0.1, 0.15) is 0 Å². The number of thioether (sulfide) groups is 1. The summed E-state index contributed by atoms with van der Waals surface area (Å²) >= 11 is 1.33. The number of hydrogen-bond acceptors (Lipinski definition) is 5. The molecule has 3 aromatic rings. The van der Waals surface area contributed by atoms with Crippen molar-refractivity contribution in [3.63, 3.8) is 0 Å². The van der Waals surface area contributed by atoms with Gasteiger partial charge >= 0.3 is 0 Å². The van der Waals surface area contributed by atoms with Gasteiger partial charge in [0.25, 0.3) is 0 Å². The Morgan fingerprint density at radius 3 is 2.47 bits per heavy atom. The summed E-state index contributed by atoms with van der Waals surface area (Å²) in [6.45, 7) is 6.22. The van der Waals surface area contributed by atoms with Crippen molar-refractivity contribution in [3.05, 3.63) is 60.3 Å². The molecule has 0 saturated carbocycles. The first-order valence-electron chi connectivity index (χ1n) is 10.4. The normalized spacial score (nSPS) is 11.7. The Labute approximate surface area is 193 Å². The smallest absolute Gasteiger partial charge is 0.243 e. The lowest BCUT2D eigenvalue weighted by atomic mass is 10.2. The minimum absolute atomic E-state index is 0.158. The molecule has 3 rings (SSSR count). The van der Waals surface area contributed by atoms with Crippen LogP contribution in [0.25, 0.3) is 11.3 Å². The van der Waals surface area contributed by atoms with Crippen LogP contribution in [0.3, 0.4) is 0 Å². The molecule has 0 spiro atoms. The highest BCUT2D eigenvalue weighted by Crippen LogP contribution is 2.26. The Kier molecular flexibility index (Phi) is 7.76. The number of rotatable bonds is 9. The zero-order valence-electron chi connectivity index (χ0n) is 18.7. The fourth-order valence-corrected chi connectivity index (χ4v) is 5.57. The van der Waals surface area contributed by atoms with Crippen LogP contribution in [-0.2, 0) is 21.9 Å². The molecule has 0 aliphatic rings. The molecule has 0 unspecified atom stereocenters. The van der Waals surface area contributed by atoms with E-state index in [1.165, 1.54) is 22.1 Å². The summed E-state index contributed by atoms with van der Waals surface area (Å²) in [4.78, 5) is 17.2. The van der Waals surface area contributed by atoms with Gasteiger partial charge in [-0.25, -0.2) is 13.4 Å². The maximum atomic E-state index is 12.8. The summed E-state index contributed by atoms with van der Waals surface area (Å²) in [5.74, 6) is -0.0642. The van der Waals surface area contributed by atoms with Crippen LogP contribution in [0.5, 0.6) is 0 Å². The van der Waals surface area contributed by atoms with E-state index in [2.05, 4.69) is 10.3 Å². The van der Waals surface area contributed by atoms with Gasteiger partial charge in [0, 0.05) is 25.8 Å². The van der Waals surface area contributed by atoms with E-state index in [0.717, 1.165) is 22.0 Å². The number of carbonyl (C=O) groups excluding carboxylic acids is 1. The lowest BCUT2D eigenvalue weighted by molar-refractivity contribution is -0.113. The van der Waals surface area contributed by atoms with Gasteiger partial charge in [-0.05, 0) is 30.2 Å². The number of benzene rings is 2. The minimum atomic E-state index is -3.60. The van der Waals surface area contributed by atoms with E-state index in [-0.39, 0.29) is 16.6 Å². The SMILES string of the molecule is CCN(CC)S(=O)(=O)c1ccc(C)c(NC(=O)CSc2ncc(-c3ccccc3)n2C)c1. The molecule has 2 aromatic carbocycles. The zero-order chi connectivity index (χ0) is 23.3. The van der Waals surface area contributed by atoms with Gasteiger partial charge in [-0.2, -0.15) is 4.31 Å². The second kappa shape index (κ2) is 10.3. The van der Waals surface area contributed by atoms with Crippen LogP contribution in [0.2, 0.25) is 0 Å².